The zero-order chi connectivity index (χ0) is 21.5. The first kappa shape index (κ1) is 20.6. The summed E-state index contributed by atoms with van der Waals surface area (Å²) in [6.07, 6.45) is 1.43. The lowest BCUT2D eigenvalue weighted by molar-refractivity contribution is -0.152. The fourth-order valence-corrected chi connectivity index (χ4v) is 2.88. The Hall–Kier alpha value is -4.18. The molecule has 2 heterocycles. The van der Waals surface area contributed by atoms with Crippen molar-refractivity contribution in [3.8, 4) is 12.1 Å². The molecule has 0 aliphatic carbocycles. The fourth-order valence-electron chi connectivity index (χ4n) is 2.88. The summed E-state index contributed by atoms with van der Waals surface area (Å²) < 4.78 is 11.6. The van der Waals surface area contributed by atoms with Gasteiger partial charge in [0.25, 0.3) is 11.5 Å². The van der Waals surface area contributed by atoms with E-state index in [0.717, 1.165) is 4.57 Å². The molecule has 0 fully saturated rings. The lowest BCUT2D eigenvalue weighted by Crippen LogP contribution is -2.36. The first-order valence-electron chi connectivity index (χ1n) is 9.09. The average molecular weight is 407 g/mol. The van der Waals surface area contributed by atoms with Crippen LogP contribution >= 0.6 is 0 Å². The summed E-state index contributed by atoms with van der Waals surface area (Å²) in [4.78, 5) is 42.4. The first-order valence-corrected chi connectivity index (χ1v) is 9.09. The van der Waals surface area contributed by atoms with Gasteiger partial charge in [0.05, 0.1) is 31.3 Å². The number of hydrogen-bond donors (Lipinski definition) is 0. The van der Waals surface area contributed by atoms with Crippen molar-refractivity contribution >= 4 is 33.9 Å². The summed E-state index contributed by atoms with van der Waals surface area (Å²) in [5, 5.41) is 18.0. The Balaban J connectivity index is 1.66. The highest BCUT2D eigenvalue weighted by molar-refractivity contribution is 6.01. The van der Waals surface area contributed by atoms with Crippen LogP contribution in [-0.2, 0) is 20.9 Å². The molecule has 10 heteroatoms. The van der Waals surface area contributed by atoms with Gasteiger partial charge in [0, 0.05) is 18.5 Å². The van der Waals surface area contributed by atoms with Crippen molar-refractivity contribution in [2.75, 3.05) is 19.7 Å². The number of benzene rings is 1. The normalized spacial score (nSPS) is 10.5. The number of nitrogens with zero attached hydrogens (tertiary/aromatic N) is 5. The van der Waals surface area contributed by atoms with E-state index in [0.29, 0.717) is 16.5 Å². The van der Waals surface area contributed by atoms with Gasteiger partial charge in [-0.3, -0.25) is 19.0 Å². The van der Waals surface area contributed by atoms with Crippen LogP contribution < -0.4 is 5.56 Å². The maximum Gasteiger partial charge on any atom is 0.326 e. The molecule has 0 aliphatic rings. The second kappa shape index (κ2) is 9.34. The zero-order valence-corrected chi connectivity index (χ0v) is 15.9. The predicted molar refractivity (Wildman–Crippen MR) is 104 cm³/mol. The number of esters is 1. The Bertz CT molecular complexity index is 1210. The summed E-state index contributed by atoms with van der Waals surface area (Å²) in [5.74, 6) is -1.32. The third kappa shape index (κ3) is 4.45. The van der Waals surface area contributed by atoms with Crippen LogP contribution in [0.3, 0.4) is 0 Å². The van der Waals surface area contributed by atoms with Crippen LogP contribution in [0.2, 0.25) is 0 Å². The highest BCUT2D eigenvalue weighted by Crippen LogP contribution is 2.23. The lowest BCUT2D eigenvalue weighted by atomic mass is 10.2. The van der Waals surface area contributed by atoms with Gasteiger partial charge in [-0.1, -0.05) is 12.1 Å². The standard InChI is InChI=1S/C20H17N5O5/c21-7-3-9-24(10-4-8-22)16(26)12-29-17(27)11-25-13-23-18-14-5-1-2-6-15(14)30-19(18)20(25)28/h1-2,5-6,13H,3-4,9-12H2. The monoisotopic (exact) mass is 407 g/mol. The minimum atomic E-state index is -0.803. The van der Waals surface area contributed by atoms with Crippen LogP contribution in [0.15, 0.2) is 39.8 Å². The largest absolute Gasteiger partial charge is 0.454 e. The van der Waals surface area contributed by atoms with E-state index in [2.05, 4.69) is 4.98 Å². The number of aromatic nitrogens is 2. The van der Waals surface area contributed by atoms with Gasteiger partial charge in [-0.25, -0.2) is 4.98 Å². The molecule has 30 heavy (non-hydrogen) atoms. The predicted octanol–water partition coefficient (Wildman–Crippen LogP) is 1.34. The van der Waals surface area contributed by atoms with E-state index in [4.69, 9.17) is 19.7 Å². The minimum absolute atomic E-state index is 0.0294. The average Bonchev–Trinajstić information content (AvgIpc) is 3.14. The number of nitriles is 2. The highest BCUT2D eigenvalue weighted by Gasteiger charge is 2.18. The molecule has 0 N–H and O–H groups in total. The van der Waals surface area contributed by atoms with Gasteiger partial charge in [-0.2, -0.15) is 10.5 Å². The molecule has 152 valence electrons. The number of furan rings is 1. The summed E-state index contributed by atoms with van der Waals surface area (Å²) in [6.45, 7) is -0.714. The number of ether oxygens (including phenoxy) is 1. The van der Waals surface area contributed by atoms with Gasteiger partial charge in [0.2, 0.25) is 5.58 Å². The molecule has 10 nitrogen and oxygen atoms in total. The van der Waals surface area contributed by atoms with Crippen LogP contribution in [0.4, 0.5) is 0 Å². The van der Waals surface area contributed by atoms with Crippen molar-refractivity contribution in [1.82, 2.24) is 14.5 Å². The minimum Gasteiger partial charge on any atom is -0.454 e. The van der Waals surface area contributed by atoms with Crippen molar-refractivity contribution in [3.05, 3.63) is 40.9 Å². The van der Waals surface area contributed by atoms with Crippen molar-refractivity contribution in [2.45, 2.75) is 19.4 Å². The molecule has 0 saturated carbocycles. The van der Waals surface area contributed by atoms with Crippen LogP contribution in [0.5, 0.6) is 0 Å². The van der Waals surface area contributed by atoms with Gasteiger partial charge in [0.15, 0.2) is 6.61 Å². The van der Waals surface area contributed by atoms with Crippen LogP contribution in [0.25, 0.3) is 22.1 Å². The SMILES string of the molecule is N#CCCN(CCC#N)C(=O)COC(=O)Cn1cnc2c(oc3ccccc32)c1=O. The zero-order valence-electron chi connectivity index (χ0n) is 15.9. The van der Waals surface area contributed by atoms with Gasteiger partial charge < -0.3 is 14.1 Å². The van der Waals surface area contributed by atoms with E-state index in [1.807, 2.05) is 12.1 Å². The Morgan fingerprint density at radius 1 is 1.17 bits per heavy atom. The van der Waals surface area contributed by atoms with Crippen LogP contribution in [0, 0.1) is 22.7 Å². The van der Waals surface area contributed by atoms with Gasteiger partial charge in [-0.15, -0.1) is 0 Å². The number of amides is 1. The molecule has 0 unspecified atom stereocenters. The maximum absolute atomic E-state index is 12.6. The number of rotatable bonds is 8. The Morgan fingerprint density at radius 2 is 1.87 bits per heavy atom. The molecule has 1 aromatic carbocycles. The van der Waals surface area contributed by atoms with E-state index < -0.39 is 30.6 Å². The smallest absolute Gasteiger partial charge is 0.326 e. The summed E-state index contributed by atoms with van der Waals surface area (Å²) in [7, 11) is 0. The third-order valence-electron chi connectivity index (χ3n) is 4.35. The number of carbonyl (C=O) groups is 2. The van der Waals surface area contributed by atoms with E-state index in [-0.39, 0.29) is 31.5 Å². The van der Waals surface area contributed by atoms with Crippen molar-refractivity contribution < 1.29 is 18.7 Å². The first-order chi connectivity index (χ1) is 14.5. The Morgan fingerprint density at radius 3 is 2.57 bits per heavy atom. The van der Waals surface area contributed by atoms with Gasteiger partial charge >= 0.3 is 5.97 Å². The van der Waals surface area contributed by atoms with Crippen molar-refractivity contribution in [1.29, 1.82) is 10.5 Å². The molecule has 2 aromatic heterocycles. The Labute approximate surface area is 170 Å². The number of carbonyl (C=O) groups excluding carboxylic acids is 2. The molecular weight excluding hydrogens is 390 g/mol. The number of fused-ring (bicyclic) bond motifs is 3. The molecular formula is C20H17N5O5. The number of para-hydroxylation sites is 1. The van der Waals surface area contributed by atoms with E-state index in [1.54, 1.807) is 24.3 Å². The molecule has 0 bridgehead atoms. The van der Waals surface area contributed by atoms with Crippen LogP contribution in [0.1, 0.15) is 12.8 Å². The van der Waals surface area contributed by atoms with Crippen molar-refractivity contribution in [3.63, 3.8) is 0 Å². The fraction of sp³-hybridized carbons (Fsp3) is 0.300. The Kier molecular flexibility index (Phi) is 6.40. The van der Waals surface area contributed by atoms with E-state index in [9.17, 15) is 14.4 Å². The molecule has 0 atom stereocenters. The highest BCUT2D eigenvalue weighted by atomic mass is 16.5. The van der Waals surface area contributed by atoms with Crippen LogP contribution in [-0.4, -0.2) is 46.0 Å². The second-order valence-corrected chi connectivity index (χ2v) is 6.31. The van der Waals surface area contributed by atoms with E-state index >= 15 is 0 Å². The number of hydrogen-bond acceptors (Lipinski definition) is 8. The molecule has 3 aromatic rings. The lowest BCUT2D eigenvalue weighted by Gasteiger charge is -2.20. The quantitative estimate of drug-likeness (QED) is 0.509. The molecule has 1 amide bonds. The van der Waals surface area contributed by atoms with Gasteiger partial charge in [0.1, 0.15) is 17.6 Å². The topological polar surface area (TPSA) is 142 Å². The summed E-state index contributed by atoms with van der Waals surface area (Å²) >= 11 is 0. The molecule has 0 saturated heterocycles. The summed E-state index contributed by atoms with van der Waals surface area (Å²) in [6, 6.07) is 10.9. The molecule has 3 rings (SSSR count). The molecule has 0 spiro atoms. The van der Waals surface area contributed by atoms with E-state index in [1.165, 1.54) is 11.2 Å². The molecule has 0 aliphatic heterocycles. The maximum atomic E-state index is 12.6. The van der Waals surface area contributed by atoms with Gasteiger partial charge in [-0.05, 0) is 12.1 Å². The second-order valence-electron chi connectivity index (χ2n) is 6.31. The summed E-state index contributed by atoms with van der Waals surface area (Å²) in [5.41, 5.74) is 0.407. The van der Waals surface area contributed by atoms with Crippen molar-refractivity contribution in [2.24, 2.45) is 0 Å². The third-order valence-corrected chi connectivity index (χ3v) is 4.35. The molecule has 0 radical (unpaired) electrons.